The lowest BCUT2D eigenvalue weighted by molar-refractivity contribution is -0.384. The summed E-state index contributed by atoms with van der Waals surface area (Å²) in [5, 5.41) is 13.7. The number of hydrogen-bond acceptors (Lipinski definition) is 3. The van der Waals surface area contributed by atoms with Gasteiger partial charge >= 0.3 is 0 Å². The van der Waals surface area contributed by atoms with Crippen molar-refractivity contribution in [2.24, 2.45) is 0 Å². The summed E-state index contributed by atoms with van der Waals surface area (Å²) in [7, 11) is 0. The van der Waals surface area contributed by atoms with Gasteiger partial charge in [-0.25, -0.2) is 0 Å². The molecule has 1 aromatic carbocycles. The quantitative estimate of drug-likeness (QED) is 0.401. The summed E-state index contributed by atoms with van der Waals surface area (Å²) in [5.74, 6) is 0. The van der Waals surface area contributed by atoms with Crippen LogP contribution in [0.25, 0.3) is 0 Å². The van der Waals surface area contributed by atoms with Crippen molar-refractivity contribution in [3.8, 4) is 0 Å². The number of halogens is 1. The van der Waals surface area contributed by atoms with Gasteiger partial charge in [0, 0.05) is 16.2 Å². The van der Waals surface area contributed by atoms with Crippen molar-refractivity contribution >= 4 is 34.0 Å². The van der Waals surface area contributed by atoms with Gasteiger partial charge in [0.15, 0.2) is 0 Å². The van der Waals surface area contributed by atoms with E-state index in [0.717, 1.165) is 9.14 Å². The molecule has 0 aliphatic carbocycles. The summed E-state index contributed by atoms with van der Waals surface area (Å²) >= 11 is 2.05. The average molecular weight is 318 g/mol. The van der Waals surface area contributed by atoms with Crippen LogP contribution in [0.15, 0.2) is 30.4 Å². The molecular formula is C10H11IN2O2. The first kappa shape index (κ1) is 12.0. The van der Waals surface area contributed by atoms with Crippen molar-refractivity contribution in [3.63, 3.8) is 0 Å². The minimum atomic E-state index is -0.386. The SMILES string of the molecule is C=C(C)CNc1ccc(I)cc1[N+](=O)[O-]. The van der Waals surface area contributed by atoms with E-state index in [4.69, 9.17) is 0 Å². The van der Waals surface area contributed by atoms with E-state index >= 15 is 0 Å². The Morgan fingerprint density at radius 3 is 2.87 bits per heavy atom. The Kier molecular flexibility index (Phi) is 4.07. The molecule has 1 N–H and O–H groups in total. The van der Waals surface area contributed by atoms with Crippen molar-refractivity contribution in [3.05, 3.63) is 44.0 Å². The molecule has 4 nitrogen and oxygen atoms in total. The van der Waals surface area contributed by atoms with Crippen LogP contribution >= 0.6 is 22.6 Å². The molecule has 0 amide bonds. The second-order valence-corrected chi connectivity index (χ2v) is 4.47. The summed E-state index contributed by atoms with van der Waals surface area (Å²) in [5.41, 5.74) is 1.56. The maximum absolute atomic E-state index is 10.8. The van der Waals surface area contributed by atoms with E-state index in [1.165, 1.54) is 0 Å². The maximum atomic E-state index is 10.8. The van der Waals surface area contributed by atoms with Gasteiger partial charge < -0.3 is 5.32 Å². The molecule has 0 saturated carbocycles. The molecule has 0 saturated heterocycles. The van der Waals surface area contributed by atoms with E-state index in [1.54, 1.807) is 12.1 Å². The van der Waals surface area contributed by atoms with Gasteiger partial charge in [0.05, 0.1) is 4.92 Å². The van der Waals surface area contributed by atoms with Crippen LogP contribution in [0.3, 0.4) is 0 Å². The third-order valence-corrected chi connectivity index (χ3v) is 2.41. The molecule has 0 fully saturated rings. The zero-order valence-corrected chi connectivity index (χ0v) is 10.4. The Morgan fingerprint density at radius 1 is 1.67 bits per heavy atom. The number of nitrogens with zero attached hydrogens (tertiary/aromatic N) is 1. The van der Waals surface area contributed by atoms with Crippen molar-refractivity contribution in [1.29, 1.82) is 0 Å². The minimum Gasteiger partial charge on any atom is -0.376 e. The Morgan fingerprint density at radius 2 is 2.33 bits per heavy atom. The molecule has 0 spiro atoms. The second kappa shape index (κ2) is 5.11. The summed E-state index contributed by atoms with van der Waals surface area (Å²) in [6, 6.07) is 5.08. The van der Waals surface area contributed by atoms with E-state index in [1.807, 2.05) is 35.6 Å². The first-order chi connectivity index (χ1) is 7.00. The van der Waals surface area contributed by atoms with Crippen LogP contribution in [0, 0.1) is 13.7 Å². The van der Waals surface area contributed by atoms with Gasteiger partial charge in [0.2, 0.25) is 0 Å². The Hall–Kier alpha value is -1.11. The molecule has 0 heterocycles. The van der Waals surface area contributed by atoms with Crippen molar-refractivity contribution in [2.75, 3.05) is 11.9 Å². The molecular weight excluding hydrogens is 307 g/mol. The maximum Gasteiger partial charge on any atom is 0.293 e. The highest BCUT2D eigenvalue weighted by Crippen LogP contribution is 2.26. The zero-order chi connectivity index (χ0) is 11.4. The second-order valence-electron chi connectivity index (χ2n) is 3.23. The third-order valence-electron chi connectivity index (χ3n) is 1.74. The van der Waals surface area contributed by atoms with Gasteiger partial charge in [-0.05, 0) is 41.6 Å². The molecule has 80 valence electrons. The molecule has 0 unspecified atom stereocenters. The number of nitrogens with one attached hydrogen (secondary N) is 1. The van der Waals surface area contributed by atoms with Gasteiger partial charge in [0.1, 0.15) is 5.69 Å². The number of rotatable bonds is 4. The van der Waals surface area contributed by atoms with Gasteiger partial charge in [0.25, 0.3) is 5.69 Å². The Bertz CT molecular complexity index is 404. The van der Waals surface area contributed by atoms with E-state index in [-0.39, 0.29) is 10.6 Å². The summed E-state index contributed by atoms with van der Waals surface area (Å²) in [4.78, 5) is 10.4. The van der Waals surface area contributed by atoms with Crippen LogP contribution in [0.4, 0.5) is 11.4 Å². The summed E-state index contributed by atoms with van der Waals surface area (Å²) in [6.45, 7) is 6.14. The molecule has 1 rings (SSSR count). The lowest BCUT2D eigenvalue weighted by atomic mass is 10.2. The number of nitro benzene ring substituents is 1. The van der Waals surface area contributed by atoms with Crippen LogP contribution in [-0.4, -0.2) is 11.5 Å². The van der Waals surface area contributed by atoms with Crippen LogP contribution in [0.1, 0.15) is 6.92 Å². The zero-order valence-electron chi connectivity index (χ0n) is 8.29. The highest BCUT2D eigenvalue weighted by atomic mass is 127. The van der Waals surface area contributed by atoms with E-state index in [9.17, 15) is 10.1 Å². The van der Waals surface area contributed by atoms with Crippen molar-refractivity contribution < 1.29 is 4.92 Å². The molecule has 5 heteroatoms. The third kappa shape index (κ3) is 3.50. The standard InChI is InChI=1S/C10H11IN2O2/c1-7(2)6-12-9-4-3-8(11)5-10(9)13(14)15/h3-5,12H,1,6H2,2H3. The predicted octanol–water partition coefficient (Wildman–Crippen LogP) is 3.19. The Labute approximate surface area is 102 Å². The normalized spacial score (nSPS) is 9.73. The topological polar surface area (TPSA) is 55.2 Å². The van der Waals surface area contributed by atoms with Crippen molar-refractivity contribution in [2.45, 2.75) is 6.92 Å². The number of anilines is 1. The summed E-state index contributed by atoms with van der Waals surface area (Å²) < 4.78 is 0.847. The van der Waals surface area contributed by atoms with Gasteiger partial charge in [-0.1, -0.05) is 12.2 Å². The fraction of sp³-hybridized carbons (Fsp3) is 0.200. The first-order valence-corrected chi connectivity index (χ1v) is 5.41. The molecule has 0 atom stereocenters. The van der Waals surface area contributed by atoms with E-state index in [2.05, 4.69) is 11.9 Å². The average Bonchev–Trinajstić information content (AvgIpc) is 2.15. The largest absolute Gasteiger partial charge is 0.376 e. The van der Waals surface area contributed by atoms with Gasteiger partial charge in [-0.2, -0.15) is 0 Å². The van der Waals surface area contributed by atoms with E-state index < -0.39 is 0 Å². The van der Waals surface area contributed by atoms with Gasteiger partial charge in [-0.3, -0.25) is 10.1 Å². The van der Waals surface area contributed by atoms with Crippen molar-refractivity contribution in [1.82, 2.24) is 0 Å². The molecule has 0 radical (unpaired) electrons. The number of hydrogen-bond donors (Lipinski definition) is 1. The molecule has 1 aromatic rings. The lowest BCUT2D eigenvalue weighted by Crippen LogP contribution is -2.04. The first-order valence-electron chi connectivity index (χ1n) is 4.33. The molecule has 15 heavy (non-hydrogen) atoms. The summed E-state index contributed by atoms with van der Waals surface area (Å²) in [6.07, 6.45) is 0. The fourth-order valence-corrected chi connectivity index (χ4v) is 1.53. The van der Waals surface area contributed by atoms with Crippen LogP contribution in [0.5, 0.6) is 0 Å². The van der Waals surface area contributed by atoms with Gasteiger partial charge in [-0.15, -0.1) is 0 Å². The molecule has 0 aliphatic rings. The smallest absolute Gasteiger partial charge is 0.293 e. The molecule has 0 bridgehead atoms. The Balaban J connectivity index is 2.95. The highest BCUT2D eigenvalue weighted by molar-refractivity contribution is 14.1. The van der Waals surface area contributed by atoms with Crippen LogP contribution < -0.4 is 5.32 Å². The minimum absolute atomic E-state index is 0.100. The fourth-order valence-electron chi connectivity index (χ4n) is 1.05. The van der Waals surface area contributed by atoms with Crippen LogP contribution in [0.2, 0.25) is 0 Å². The monoisotopic (exact) mass is 318 g/mol. The molecule has 0 aromatic heterocycles. The lowest BCUT2D eigenvalue weighted by Gasteiger charge is -2.06. The highest BCUT2D eigenvalue weighted by Gasteiger charge is 2.13. The predicted molar refractivity (Wildman–Crippen MR) is 69.1 cm³/mol. The number of benzene rings is 1. The molecule has 0 aliphatic heterocycles. The van der Waals surface area contributed by atoms with E-state index in [0.29, 0.717) is 12.2 Å². The number of nitro groups is 1. The van der Waals surface area contributed by atoms with Crippen LogP contribution in [-0.2, 0) is 0 Å².